The molecule has 0 saturated carbocycles. The van der Waals surface area contributed by atoms with Crippen molar-refractivity contribution in [2.75, 3.05) is 13.1 Å². The summed E-state index contributed by atoms with van der Waals surface area (Å²) in [6.45, 7) is 2.20. The number of aryl methyl sites for hydroxylation is 2. The molecule has 0 spiro atoms. The third kappa shape index (κ3) is 2.49. The predicted octanol–water partition coefficient (Wildman–Crippen LogP) is 4.45. The maximum atomic E-state index is 6.58. The minimum atomic E-state index is 0.367. The summed E-state index contributed by atoms with van der Waals surface area (Å²) in [4.78, 5) is 8.23. The van der Waals surface area contributed by atoms with Gasteiger partial charge in [-0.2, -0.15) is 0 Å². The van der Waals surface area contributed by atoms with Crippen LogP contribution in [0.25, 0.3) is 10.9 Å². The Balaban J connectivity index is 1.79. The van der Waals surface area contributed by atoms with Crippen molar-refractivity contribution in [3.8, 4) is 0 Å². The van der Waals surface area contributed by atoms with Crippen molar-refractivity contribution in [2.45, 2.75) is 31.6 Å². The molecule has 2 N–H and O–H groups in total. The van der Waals surface area contributed by atoms with E-state index in [1.54, 1.807) is 0 Å². The van der Waals surface area contributed by atoms with Gasteiger partial charge in [0.15, 0.2) is 0 Å². The number of H-pyrrole nitrogens is 1. The molecule has 2 aliphatic rings. The highest BCUT2D eigenvalue weighted by Gasteiger charge is 2.34. The lowest BCUT2D eigenvalue weighted by molar-refractivity contribution is 0.339. The monoisotopic (exact) mass is 351 g/mol. The number of aromatic amines is 1. The van der Waals surface area contributed by atoms with Crippen molar-refractivity contribution in [2.24, 2.45) is 5.92 Å². The van der Waals surface area contributed by atoms with Crippen molar-refractivity contribution >= 4 is 22.5 Å². The topological polar surface area (TPSA) is 40.7 Å². The predicted molar refractivity (Wildman–Crippen MR) is 102 cm³/mol. The number of nitrogens with one attached hydrogen (secondary N) is 2. The Morgan fingerprint density at radius 3 is 2.80 bits per heavy atom. The number of nitrogens with zero attached hydrogens (tertiary/aromatic N) is 1. The van der Waals surface area contributed by atoms with Crippen LogP contribution in [-0.4, -0.2) is 23.1 Å². The molecule has 128 valence electrons. The van der Waals surface area contributed by atoms with Gasteiger partial charge >= 0.3 is 0 Å². The van der Waals surface area contributed by atoms with E-state index in [0.29, 0.717) is 11.8 Å². The number of aromatic nitrogens is 2. The van der Waals surface area contributed by atoms with Crippen LogP contribution in [0.2, 0.25) is 5.02 Å². The van der Waals surface area contributed by atoms with Gasteiger partial charge in [-0.15, -0.1) is 0 Å². The molecule has 3 heterocycles. The summed E-state index contributed by atoms with van der Waals surface area (Å²) in [7, 11) is 0. The summed E-state index contributed by atoms with van der Waals surface area (Å²) in [5.74, 6) is 0.998. The third-order valence-corrected chi connectivity index (χ3v) is 6.27. The van der Waals surface area contributed by atoms with Gasteiger partial charge in [-0.1, -0.05) is 17.7 Å². The van der Waals surface area contributed by atoms with Gasteiger partial charge in [0, 0.05) is 23.7 Å². The number of benzene rings is 1. The zero-order chi connectivity index (χ0) is 16.8. The number of halogens is 1. The zero-order valence-electron chi connectivity index (χ0n) is 14.2. The number of rotatable bonds is 1. The Bertz CT molecular complexity index is 924. The third-order valence-electron chi connectivity index (χ3n) is 5.97. The number of hydrogen-bond acceptors (Lipinski definition) is 2. The number of hydrogen-bond donors (Lipinski definition) is 2. The highest BCUT2D eigenvalue weighted by atomic mass is 35.5. The lowest BCUT2D eigenvalue weighted by atomic mass is 9.76. The van der Waals surface area contributed by atoms with E-state index in [-0.39, 0.29) is 0 Å². The van der Waals surface area contributed by atoms with E-state index in [2.05, 4.69) is 34.6 Å². The summed E-state index contributed by atoms with van der Waals surface area (Å²) in [6, 6.07) is 8.73. The van der Waals surface area contributed by atoms with Crippen LogP contribution < -0.4 is 5.32 Å². The van der Waals surface area contributed by atoms with Gasteiger partial charge in [0.25, 0.3) is 0 Å². The maximum Gasteiger partial charge on any atom is 0.0649 e. The second-order valence-electron chi connectivity index (χ2n) is 7.31. The normalized spacial score (nSPS) is 20.9. The van der Waals surface area contributed by atoms with E-state index in [4.69, 9.17) is 16.6 Å². The molecule has 0 unspecified atom stereocenters. The molecular formula is C21H22ClN3. The number of fused-ring (bicyclic) bond motifs is 4. The van der Waals surface area contributed by atoms with Gasteiger partial charge in [-0.3, -0.25) is 4.98 Å². The van der Waals surface area contributed by atoms with E-state index in [9.17, 15) is 0 Å². The summed E-state index contributed by atoms with van der Waals surface area (Å²) in [5, 5.41) is 5.63. The van der Waals surface area contributed by atoms with Crippen LogP contribution in [-0.2, 0) is 12.8 Å². The second kappa shape index (κ2) is 6.15. The minimum Gasteiger partial charge on any atom is -0.360 e. The number of pyridine rings is 1. The minimum absolute atomic E-state index is 0.367. The Hall–Kier alpha value is -1.84. The van der Waals surface area contributed by atoms with E-state index in [1.165, 1.54) is 40.6 Å². The summed E-state index contributed by atoms with van der Waals surface area (Å²) < 4.78 is 0. The first-order valence-corrected chi connectivity index (χ1v) is 9.63. The van der Waals surface area contributed by atoms with E-state index >= 15 is 0 Å². The highest BCUT2D eigenvalue weighted by molar-refractivity contribution is 6.35. The van der Waals surface area contributed by atoms with Gasteiger partial charge in [0.1, 0.15) is 0 Å². The SMILES string of the molecule is Clc1cc2c(c3cc[nH]c13)[C@@H](C1CCNCC1)c1ncccc1CC2. The molecule has 1 aliphatic heterocycles. The van der Waals surface area contributed by atoms with E-state index in [1.807, 2.05) is 12.4 Å². The number of piperidine rings is 1. The van der Waals surface area contributed by atoms with Gasteiger partial charge in [0.2, 0.25) is 0 Å². The molecular weight excluding hydrogens is 330 g/mol. The first-order valence-electron chi connectivity index (χ1n) is 9.26. The van der Waals surface area contributed by atoms with Crippen LogP contribution in [0.1, 0.15) is 41.1 Å². The van der Waals surface area contributed by atoms with Gasteiger partial charge in [-0.05, 0) is 79.6 Å². The van der Waals surface area contributed by atoms with E-state index < -0.39 is 0 Å². The molecule has 1 saturated heterocycles. The Labute approximate surface area is 152 Å². The molecule has 3 nitrogen and oxygen atoms in total. The molecule has 4 heteroatoms. The van der Waals surface area contributed by atoms with Crippen LogP contribution >= 0.6 is 11.6 Å². The largest absolute Gasteiger partial charge is 0.360 e. The van der Waals surface area contributed by atoms with Crippen molar-refractivity contribution in [3.63, 3.8) is 0 Å². The fourth-order valence-electron chi connectivity index (χ4n) is 4.83. The van der Waals surface area contributed by atoms with Crippen LogP contribution in [0.5, 0.6) is 0 Å². The smallest absolute Gasteiger partial charge is 0.0649 e. The van der Waals surface area contributed by atoms with Crippen molar-refractivity contribution in [3.05, 3.63) is 64.1 Å². The molecule has 3 aromatic rings. The molecule has 1 aliphatic carbocycles. The lowest BCUT2D eigenvalue weighted by Gasteiger charge is -2.32. The maximum absolute atomic E-state index is 6.58. The first-order chi connectivity index (χ1) is 12.3. The fraction of sp³-hybridized carbons (Fsp3) is 0.381. The summed E-state index contributed by atoms with van der Waals surface area (Å²) >= 11 is 6.58. The van der Waals surface area contributed by atoms with Gasteiger partial charge in [0.05, 0.1) is 16.2 Å². The first kappa shape index (κ1) is 15.4. The molecule has 0 radical (unpaired) electrons. The second-order valence-corrected chi connectivity index (χ2v) is 7.72. The molecule has 1 aromatic carbocycles. The Kier molecular flexibility index (Phi) is 3.79. The van der Waals surface area contributed by atoms with Crippen molar-refractivity contribution in [1.29, 1.82) is 0 Å². The summed E-state index contributed by atoms with van der Waals surface area (Å²) in [6.07, 6.45) is 8.46. The van der Waals surface area contributed by atoms with Gasteiger partial charge in [-0.25, -0.2) is 0 Å². The van der Waals surface area contributed by atoms with Crippen LogP contribution in [0, 0.1) is 5.92 Å². The zero-order valence-corrected chi connectivity index (χ0v) is 14.9. The molecule has 25 heavy (non-hydrogen) atoms. The molecule has 1 fully saturated rings. The van der Waals surface area contributed by atoms with Crippen molar-refractivity contribution in [1.82, 2.24) is 15.3 Å². The van der Waals surface area contributed by atoms with Crippen LogP contribution in [0.4, 0.5) is 0 Å². The van der Waals surface area contributed by atoms with E-state index in [0.717, 1.165) is 36.5 Å². The highest BCUT2D eigenvalue weighted by Crippen LogP contribution is 2.45. The molecule has 0 amide bonds. The fourth-order valence-corrected chi connectivity index (χ4v) is 5.11. The Morgan fingerprint density at radius 1 is 1.08 bits per heavy atom. The standard InChI is InChI=1S/C21H22ClN3/c22-17-12-15-4-3-14-2-1-8-24-20(14)19(13-5-9-23-10-6-13)18(15)16-7-11-25-21(16)17/h1-2,7-8,11-13,19,23,25H,3-6,9-10H2/t19-/m1/s1. The summed E-state index contributed by atoms with van der Waals surface area (Å²) in [5.41, 5.74) is 6.63. The average Bonchev–Trinajstić information content (AvgIpc) is 3.08. The van der Waals surface area contributed by atoms with Crippen LogP contribution in [0.15, 0.2) is 36.7 Å². The van der Waals surface area contributed by atoms with Gasteiger partial charge < -0.3 is 10.3 Å². The molecule has 1 atom stereocenters. The van der Waals surface area contributed by atoms with Crippen LogP contribution in [0.3, 0.4) is 0 Å². The quantitative estimate of drug-likeness (QED) is 0.680. The molecule has 2 aromatic heterocycles. The van der Waals surface area contributed by atoms with Crippen molar-refractivity contribution < 1.29 is 0 Å². The average molecular weight is 352 g/mol. The lowest BCUT2D eigenvalue weighted by Crippen LogP contribution is -2.32. The molecule has 0 bridgehead atoms. The Morgan fingerprint density at radius 2 is 1.92 bits per heavy atom. The molecule has 5 rings (SSSR count).